The first-order valence-corrected chi connectivity index (χ1v) is 8.26. The Morgan fingerprint density at radius 2 is 1.94 bits per heavy atom. The average molecular weight is 270 g/mol. The van der Waals surface area contributed by atoms with Gasteiger partial charge in [-0.15, -0.1) is 11.6 Å². The lowest BCUT2D eigenvalue weighted by Gasteiger charge is -2.29. The molecule has 0 spiro atoms. The van der Waals surface area contributed by atoms with Crippen LogP contribution in [0.5, 0.6) is 0 Å². The minimum absolute atomic E-state index is 0.0394. The summed E-state index contributed by atoms with van der Waals surface area (Å²) in [7, 11) is -2.82. The highest BCUT2D eigenvalue weighted by molar-refractivity contribution is 7.91. The van der Waals surface area contributed by atoms with E-state index in [1.54, 1.807) is 6.92 Å². The molecule has 0 aliphatic rings. The van der Waals surface area contributed by atoms with E-state index in [0.717, 1.165) is 19.4 Å². The summed E-state index contributed by atoms with van der Waals surface area (Å²) < 4.78 is 22.5. The number of hydrogen-bond acceptors (Lipinski definition) is 3. The first-order valence-electron chi connectivity index (χ1n) is 5.90. The molecule has 0 saturated heterocycles. The highest BCUT2D eigenvalue weighted by Gasteiger charge is 2.20. The predicted octanol–water partition coefficient (Wildman–Crippen LogP) is 2.20. The van der Waals surface area contributed by atoms with Crippen LogP contribution in [0, 0.1) is 0 Å². The molecular formula is C11H24ClNO2S. The van der Waals surface area contributed by atoms with Gasteiger partial charge >= 0.3 is 0 Å². The van der Waals surface area contributed by atoms with Crippen LogP contribution in [-0.2, 0) is 9.84 Å². The van der Waals surface area contributed by atoms with Crippen LogP contribution < -0.4 is 5.32 Å². The van der Waals surface area contributed by atoms with Crippen molar-refractivity contribution in [2.75, 3.05) is 23.9 Å². The fraction of sp³-hybridized carbons (Fsp3) is 1.00. The van der Waals surface area contributed by atoms with Crippen molar-refractivity contribution in [1.82, 2.24) is 5.32 Å². The van der Waals surface area contributed by atoms with E-state index in [4.69, 9.17) is 11.6 Å². The lowest BCUT2D eigenvalue weighted by molar-refractivity contribution is 0.334. The van der Waals surface area contributed by atoms with E-state index in [9.17, 15) is 8.42 Å². The Morgan fingerprint density at radius 3 is 2.38 bits per heavy atom. The third kappa shape index (κ3) is 6.71. The normalized spacial score (nSPS) is 16.0. The van der Waals surface area contributed by atoms with E-state index < -0.39 is 9.84 Å². The number of nitrogens with one attached hydrogen (secondary N) is 1. The zero-order chi connectivity index (χ0) is 12.7. The second kappa shape index (κ2) is 7.51. The maximum absolute atomic E-state index is 11.3. The molecule has 0 fully saturated rings. The van der Waals surface area contributed by atoms with E-state index >= 15 is 0 Å². The lowest BCUT2D eigenvalue weighted by atomic mass is 9.95. The van der Waals surface area contributed by atoms with Gasteiger partial charge in [0.1, 0.15) is 9.84 Å². The Balaban J connectivity index is 3.88. The molecule has 0 rings (SSSR count). The van der Waals surface area contributed by atoms with Gasteiger partial charge in [0.05, 0.1) is 5.75 Å². The second-order valence-corrected chi connectivity index (χ2v) is 7.22. The van der Waals surface area contributed by atoms with Crippen LogP contribution in [0.1, 0.15) is 40.0 Å². The van der Waals surface area contributed by atoms with Crippen LogP contribution in [0.3, 0.4) is 0 Å². The van der Waals surface area contributed by atoms with Gasteiger partial charge in [-0.05, 0) is 32.7 Å². The molecule has 0 aliphatic carbocycles. The van der Waals surface area contributed by atoms with E-state index in [1.807, 2.05) is 0 Å². The van der Waals surface area contributed by atoms with Crippen molar-refractivity contribution < 1.29 is 8.42 Å². The van der Waals surface area contributed by atoms with Gasteiger partial charge in [-0.2, -0.15) is 0 Å². The molecule has 0 aromatic rings. The molecule has 0 bridgehead atoms. The predicted molar refractivity (Wildman–Crippen MR) is 71.0 cm³/mol. The van der Waals surface area contributed by atoms with Gasteiger partial charge in [0.15, 0.2) is 0 Å². The standard InChI is InChI=1S/C11H24ClNO2S/c1-4-11(3,7-8-12)13-9-6-10-16(14,15)5-2/h13H,4-10H2,1-3H3. The van der Waals surface area contributed by atoms with Gasteiger partial charge in [0, 0.05) is 17.2 Å². The number of halogens is 1. The summed E-state index contributed by atoms with van der Waals surface area (Å²) in [5.74, 6) is 1.14. The molecule has 5 heteroatoms. The van der Waals surface area contributed by atoms with Crippen molar-refractivity contribution in [2.24, 2.45) is 0 Å². The second-order valence-electron chi connectivity index (χ2n) is 4.37. The third-order valence-electron chi connectivity index (χ3n) is 3.05. The quantitative estimate of drug-likeness (QED) is 0.516. The Hall–Kier alpha value is 0.200. The molecule has 1 unspecified atom stereocenters. The Labute approximate surface area is 105 Å². The van der Waals surface area contributed by atoms with Crippen LogP contribution >= 0.6 is 11.6 Å². The minimum atomic E-state index is -2.82. The van der Waals surface area contributed by atoms with Crippen molar-refractivity contribution in [1.29, 1.82) is 0 Å². The fourth-order valence-corrected chi connectivity index (χ4v) is 2.72. The van der Waals surface area contributed by atoms with Gasteiger partial charge in [-0.25, -0.2) is 8.42 Å². The van der Waals surface area contributed by atoms with Gasteiger partial charge < -0.3 is 5.32 Å². The van der Waals surface area contributed by atoms with Crippen LogP contribution in [0.25, 0.3) is 0 Å². The van der Waals surface area contributed by atoms with Crippen molar-refractivity contribution >= 4 is 21.4 Å². The van der Waals surface area contributed by atoms with Crippen LogP contribution in [-0.4, -0.2) is 37.9 Å². The molecule has 0 radical (unpaired) electrons. The molecule has 0 saturated carbocycles. The van der Waals surface area contributed by atoms with E-state index in [1.165, 1.54) is 0 Å². The monoisotopic (exact) mass is 269 g/mol. The number of sulfone groups is 1. The first-order chi connectivity index (χ1) is 7.39. The Morgan fingerprint density at radius 1 is 1.31 bits per heavy atom. The molecule has 98 valence electrons. The highest BCUT2D eigenvalue weighted by atomic mass is 35.5. The van der Waals surface area contributed by atoms with Crippen LogP contribution in [0.4, 0.5) is 0 Å². The van der Waals surface area contributed by atoms with Gasteiger partial charge in [0.2, 0.25) is 0 Å². The summed E-state index contributed by atoms with van der Waals surface area (Å²) in [4.78, 5) is 0. The Bertz CT molecular complexity index is 280. The number of hydrogen-bond donors (Lipinski definition) is 1. The lowest BCUT2D eigenvalue weighted by Crippen LogP contribution is -2.43. The summed E-state index contributed by atoms with van der Waals surface area (Å²) in [6.07, 6.45) is 2.58. The summed E-state index contributed by atoms with van der Waals surface area (Å²) in [6, 6.07) is 0. The molecule has 0 amide bonds. The summed E-state index contributed by atoms with van der Waals surface area (Å²) >= 11 is 5.74. The van der Waals surface area contributed by atoms with Crippen molar-refractivity contribution in [2.45, 2.75) is 45.6 Å². The fourth-order valence-electron chi connectivity index (χ4n) is 1.43. The number of rotatable bonds is 9. The molecule has 0 aromatic heterocycles. The summed E-state index contributed by atoms with van der Waals surface area (Å²) in [5.41, 5.74) is 0.0394. The summed E-state index contributed by atoms with van der Waals surface area (Å²) in [5, 5.41) is 3.39. The van der Waals surface area contributed by atoms with E-state index in [2.05, 4.69) is 19.2 Å². The van der Waals surface area contributed by atoms with E-state index in [0.29, 0.717) is 12.3 Å². The molecule has 0 heterocycles. The van der Waals surface area contributed by atoms with Gasteiger partial charge in [-0.1, -0.05) is 13.8 Å². The SMILES string of the molecule is CCC(C)(CCCl)NCCCS(=O)(=O)CC. The minimum Gasteiger partial charge on any atom is -0.311 e. The molecule has 1 N–H and O–H groups in total. The molecule has 0 aliphatic heterocycles. The first kappa shape index (κ1) is 16.2. The van der Waals surface area contributed by atoms with Gasteiger partial charge in [-0.3, -0.25) is 0 Å². The molecule has 0 aromatic carbocycles. The Kier molecular flexibility index (Phi) is 7.61. The summed E-state index contributed by atoms with van der Waals surface area (Å²) in [6.45, 7) is 6.67. The molecule has 16 heavy (non-hydrogen) atoms. The zero-order valence-electron chi connectivity index (χ0n) is 10.6. The van der Waals surface area contributed by atoms with Crippen molar-refractivity contribution in [3.05, 3.63) is 0 Å². The smallest absolute Gasteiger partial charge is 0.150 e. The van der Waals surface area contributed by atoms with Crippen molar-refractivity contribution in [3.63, 3.8) is 0 Å². The average Bonchev–Trinajstić information content (AvgIpc) is 2.25. The topological polar surface area (TPSA) is 46.2 Å². The van der Waals surface area contributed by atoms with Gasteiger partial charge in [0.25, 0.3) is 0 Å². The number of alkyl halides is 1. The third-order valence-corrected chi connectivity index (χ3v) is 5.03. The highest BCUT2D eigenvalue weighted by Crippen LogP contribution is 2.14. The molecule has 3 nitrogen and oxygen atoms in total. The molecule has 1 atom stereocenters. The largest absolute Gasteiger partial charge is 0.311 e. The van der Waals surface area contributed by atoms with Crippen LogP contribution in [0.15, 0.2) is 0 Å². The van der Waals surface area contributed by atoms with Crippen LogP contribution in [0.2, 0.25) is 0 Å². The van der Waals surface area contributed by atoms with E-state index in [-0.39, 0.29) is 17.0 Å². The van der Waals surface area contributed by atoms with Crippen molar-refractivity contribution in [3.8, 4) is 0 Å². The maximum atomic E-state index is 11.3. The zero-order valence-corrected chi connectivity index (χ0v) is 12.1. The maximum Gasteiger partial charge on any atom is 0.150 e. The molecular weight excluding hydrogens is 246 g/mol.